The van der Waals surface area contributed by atoms with E-state index in [4.69, 9.17) is 5.11 Å². The van der Waals surface area contributed by atoms with Crippen LogP contribution >= 0.6 is 11.8 Å². The number of carboxylic acids is 1. The smallest absolute Gasteiger partial charge is 0.328 e. The van der Waals surface area contributed by atoms with Gasteiger partial charge in [-0.2, -0.15) is 0 Å². The van der Waals surface area contributed by atoms with E-state index in [9.17, 15) is 4.79 Å². The lowest BCUT2D eigenvalue weighted by Crippen LogP contribution is -2.33. The summed E-state index contributed by atoms with van der Waals surface area (Å²) in [6.45, 7) is 4.96. The Kier molecular flexibility index (Phi) is 5.64. The molecule has 0 aliphatic carbocycles. The van der Waals surface area contributed by atoms with E-state index in [1.165, 1.54) is 16.5 Å². The largest absolute Gasteiger partial charge is 0.478 e. The minimum absolute atomic E-state index is 0.587. The average Bonchev–Trinajstić information content (AvgIpc) is 2.67. The fourth-order valence-electron chi connectivity index (χ4n) is 3.91. The van der Waals surface area contributed by atoms with Gasteiger partial charge in [0.25, 0.3) is 0 Å². The number of carboxylic acid groups (broad SMARTS) is 1. The molecule has 0 saturated carbocycles. The number of anilines is 2. The minimum atomic E-state index is -0.845. The summed E-state index contributed by atoms with van der Waals surface area (Å²) in [5.41, 5.74) is 3.35. The Morgan fingerprint density at radius 3 is 2.89 bits per heavy atom. The molecule has 0 spiro atoms. The van der Waals surface area contributed by atoms with Gasteiger partial charge in [-0.25, -0.2) is 14.8 Å². The molecule has 1 fully saturated rings. The van der Waals surface area contributed by atoms with E-state index in [-0.39, 0.29) is 0 Å². The van der Waals surface area contributed by atoms with Crippen molar-refractivity contribution >= 4 is 29.2 Å². The van der Waals surface area contributed by atoms with E-state index < -0.39 is 5.97 Å². The first-order valence-electron chi connectivity index (χ1n) is 9.58. The van der Waals surface area contributed by atoms with Gasteiger partial charge in [0.05, 0.1) is 5.69 Å². The van der Waals surface area contributed by atoms with Gasteiger partial charge in [-0.05, 0) is 62.9 Å². The highest BCUT2D eigenvalue weighted by Crippen LogP contribution is 2.42. The van der Waals surface area contributed by atoms with Crippen LogP contribution in [-0.4, -0.2) is 39.0 Å². The van der Waals surface area contributed by atoms with E-state index in [0.717, 1.165) is 61.0 Å². The zero-order valence-corrected chi connectivity index (χ0v) is 16.7. The fraction of sp³-hybridized carbons (Fsp3) is 0.381. The van der Waals surface area contributed by atoms with Crippen molar-refractivity contribution in [2.45, 2.75) is 42.7 Å². The molecule has 3 heterocycles. The summed E-state index contributed by atoms with van der Waals surface area (Å²) in [6.07, 6.45) is 7.89. The Hall–Kier alpha value is -2.38. The molecular formula is C21H24N4O2S. The van der Waals surface area contributed by atoms with Crippen molar-refractivity contribution in [2.24, 2.45) is 5.92 Å². The number of hydrogen-bond acceptors (Lipinski definition) is 6. The van der Waals surface area contributed by atoms with Crippen molar-refractivity contribution in [1.29, 1.82) is 0 Å². The van der Waals surface area contributed by atoms with Crippen LogP contribution in [0.15, 0.2) is 52.2 Å². The van der Waals surface area contributed by atoms with Gasteiger partial charge in [0.15, 0.2) is 5.82 Å². The van der Waals surface area contributed by atoms with Gasteiger partial charge >= 0.3 is 5.97 Å². The number of allylic oxidation sites excluding steroid dienone is 1. The summed E-state index contributed by atoms with van der Waals surface area (Å²) in [5, 5.41) is 13.2. The van der Waals surface area contributed by atoms with Crippen LogP contribution in [0.2, 0.25) is 0 Å². The molecule has 6 nitrogen and oxygen atoms in total. The van der Waals surface area contributed by atoms with Crippen molar-refractivity contribution in [3.8, 4) is 0 Å². The summed E-state index contributed by atoms with van der Waals surface area (Å²) in [4.78, 5) is 23.2. The molecule has 0 bridgehead atoms. The van der Waals surface area contributed by atoms with Gasteiger partial charge in [-0.3, -0.25) is 4.90 Å². The van der Waals surface area contributed by atoms with E-state index in [2.05, 4.69) is 38.4 Å². The lowest BCUT2D eigenvalue weighted by atomic mass is 9.90. The standard InChI is InChI=1S/C21H24N4O2S/c1-14(11-19(26)27)10-15-4-8-25(9-5-15)13-16-2-3-18-17(12-16)24-20-21(28-18)23-7-6-22-20/h2-3,6-7,11-12,15H,4-5,8-10,13H2,1H3,(H,22,24)(H,26,27). The van der Waals surface area contributed by atoms with Crippen LogP contribution in [0.3, 0.4) is 0 Å². The Morgan fingerprint density at radius 1 is 1.32 bits per heavy atom. The predicted octanol–water partition coefficient (Wildman–Crippen LogP) is 4.32. The number of rotatable bonds is 5. The predicted molar refractivity (Wildman–Crippen MR) is 110 cm³/mol. The van der Waals surface area contributed by atoms with Gasteiger partial charge in [0, 0.05) is 29.9 Å². The lowest BCUT2D eigenvalue weighted by Gasteiger charge is -2.32. The third-order valence-electron chi connectivity index (χ3n) is 5.26. The van der Waals surface area contributed by atoms with Crippen LogP contribution in [0.5, 0.6) is 0 Å². The number of nitrogens with zero attached hydrogens (tertiary/aromatic N) is 3. The van der Waals surface area contributed by atoms with Crippen LogP contribution in [0, 0.1) is 5.92 Å². The molecule has 2 aliphatic rings. The van der Waals surface area contributed by atoms with Crippen LogP contribution in [0.4, 0.5) is 11.5 Å². The second-order valence-electron chi connectivity index (χ2n) is 7.52. The number of likely N-dealkylation sites (tertiary alicyclic amines) is 1. The summed E-state index contributed by atoms with van der Waals surface area (Å²) >= 11 is 1.65. The molecule has 1 saturated heterocycles. The molecule has 0 unspecified atom stereocenters. The number of hydrogen-bond donors (Lipinski definition) is 2. The van der Waals surface area contributed by atoms with E-state index in [1.807, 2.05) is 6.92 Å². The van der Waals surface area contributed by atoms with Gasteiger partial charge in [-0.1, -0.05) is 23.4 Å². The Bertz CT molecular complexity index is 907. The number of aliphatic carboxylic acids is 1. The molecule has 1 aromatic heterocycles. The number of fused-ring (bicyclic) bond motifs is 2. The Labute approximate surface area is 169 Å². The van der Waals surface area contributed by atoms with E-state index in [0.29, 0.717) is 5.92 Å². The van der Waals surface area contributed by atoms with Crippen molar-refractivity contribution < 1.29 is 9.90 Å². The number of nitrogens with one attached hydrogen (secondary N) is 1. The molecular weight excluding hydrogens is 372 g/mol. The summed E-state index contributed by atoms with van der Waals surface area (Å²) in [6, 6.07) is 6.57. The van der Waals surface area contributed by atoms with E-state index in [1.54, 1.807) is 24.2 Å². The van der Waals surface area contributed by atoms with Gasteiger partial charge < -0.3 is 10.4 Å². The highest BCUT2D eigenvalue weighted by molar-refractivity contribution is 7.99. The molecule has 1 aromatic carbocycles. The van der Waals surface area contributed by atoms with Crippen LogP contribution in [0.1, 0.15) is 31.7 Å². The molecule has 4 rings (SSSR count). The molecule has 0 radical (unpaired) electrons. The third kappa shape index (κ3) is 4.54. The topological polar surface area (TPSA) is 78.4 Å². The average molecular weight is 397 g/mol. The Balaban J connectivity index is 1.33. The minimum Gasteiger partial charge on any atom is -0.478 e. The molecule has 2 aliphatic heterocycles. The van der Waals surface area contributed by atoms with Crippen molar-refractivity contribution in [3.05, 3.63) is 47.8 Å². The maximum absolute atomic E-state index is 10.8. The maximum Gasteiger partial charge on any atom is 0.328 e. The highest BCUT2D eigenvalue weighted by atomic mass is 32.2. The number of carbonyl (C=O) groups is 1. The van der Waals surface area contributed by atoms with Crippen LogP contribution in [-0.2, 0) is 11.3 Å². The first-order chi connectivity index (χ1) is 13.6. The number of piperidine rings is 1. The molecule has 0 atom stereocenters. The first kappa shape index (κ1) is 19.0. The van der Waals surface area contributed by atoms with Crippen molar-refractivity contribution in [2.75, 3.05) is 18.4 Å². The van der Waals surface area contributed by atoms with Crippen LogP contribution < -0.4 is 5.32 Å². The van der Waals surface area contributed by atoms with Crippen molar-refractivity contribution in [3.63, 3.8) is 0 Å². The van der Waals surface area contributed by atoms with Crippen LogP contribution in [0.25, 0.3) is 0 Å². The molecule has 2 N–H and O–H groups in total. The SMILES string of the molecule is CC(=CC(=O)O)CC1CCN(Cc2ccc3c(c2)Nc2nccnc2S3)CC1. The zero-order valence-electron chi connectivity index (χ0n) is 15.9. The first-order valence-corrected chi connectivity index (χ1v) is 10.4. The molecule has 7 heteroatoms. The number of benzene rings is 1. The monoisotopic (exact) mass is 396 g/mol. The molecule has 2 aromatic rings. The van der Waals surface area contributed by atoms with Gasteiger partial charge in [0.1, 0.15) is 5.03 Å². The van der Waals surface area contributed by atoms with E-state index >= 15 is 0 Å². The molecule has 146 valence electrons. The molecule has 0 amide bonds. The second kappa shape index (κ2) is 8.32. The summed E-state index contributed by atoms with van der Waals surface area (Å²) < 4.78 is 0. The highest BCUT2D eigenvalue weighted by Gasteiger charge is 2.21. The fourth-order valence-corrected chi connectivity index (χ4v) is 4.79. The number of aromatic nitrogens is 2. The van der Waals surface area contributed by atoms with Gasteiger partial charge in [0.2, 0.25) is 0 Å². The summed E-state index contributed by atoms with van der Waals surface area (Å²) in [5.74, 6) is 0.564. The van der Waals surface area contributed by atoms with Crippen molar-refractivity contribution in [1.82, 2.24) is 14.9 Å². The quantitative estimate of drug-likeness (QED) is 0.622. The zero-order chi connectivity index (χ0) is 19.5. The second-order valence-corrected chi connectivity index (χ2v) is 8.55. The van der Waals surface area contributed by atoms with Gasteiger partial charge in [-0.15, -0.1) is 0 Å². The Morgan fingerprint density at radius 2 is 2.11 bits per heavy atom. The summed E-state index contributed by atoms with van der Waals surface area (Å²) in [7, 11) is 0. The third-order valence-corrected chi connectivity index (χ3v) is 6.33. The molecule has 28 heavy (non-hydrogen) atoms. The maximum atomic E-state index is 10.8. The normalized spacial score (nSPS) is 17.5. The lowest BCUT2D eigenvalue weighted by molar-refractivity contribution is -0.131.